The summed E-state index contributed by atoms with van der Waals surface area (Å²) < 4.78 is 1.43. The van der Waals surface area contributed by atoms with Crippen LogP contribution in [0.1, 0.15) is 5.56 Å². The van der Waals surface area contributed by atoms with E-state index in [-0.39, 0.29) is 6.54 Å². The van der Waals surface area contributed by atoms with Gasteiger partial charge >= 0.3 is 0 Å². The van der Waals surface area contributed by atoms with Gasteiger partial charge in [-0.15, -0.1) is 0 Å². The minimum atomic E-state index is -0.468. The average Bonchev–Trinajstić information content (AvgIpc) is 3.02. The fourth-order valence-corrected chi connectivity index (χ4v) is 2.29. The van der Waals surface area contributed by atoms with E-state index in [0.29, 0.717) is 29.0 Å². The van der Waals surface area contributed by atoms with Crippen molar-refractivity contribution in [1.29, 1.82) is 0 Å². The Morgan fingerprint density at radius 1 is 1.24 bits per heavy atom. The number of rotatable bonds is 7. The van der Waals surface area contributed by atoms with Crippen LogP contribution in [0.25, 0.3) is 0 Å². The monoisotopic (exact) mass is 357 g/mol. The lowest BCUT2D eigenvalue weighted by Crippen LogP contribution is -2.18. The summed E-state index contributed by atoms with van der Waals surface area (Å²) in [6.45, 7) is 0.598. The summed E-state index contributed by atoms with van der Waals surface area (Å²) in [5.41, 5.74) is 6.88. The summed E-state index contributed by atoms with van der Waals surface area (Å²) in [6, 6.07) is 9.91. The zero-order valence-electron chi connectivity index (χ0n) is 13.2. The molecule has 128 valence electrons. The van der Waals surface area contributed by atoms with Crippen LogP contribution in [0.5, 0.6) is 0 Å². The lowest BCUT2D eigenvalue weighted by molar-refractivity contribution is -0.118. The Morgan fingerprint density at radius 2 is 2.04 bits per heavy atom. The molecule has 1 amide bonds. The molecule has 0 aliphatic heterocycles. The summed E-state index contributed by atoms with van der Waals surface area (Å²) in [7, 11) is 0. The van der Waals surface area contributed by atoms with Crippen molar-refractivity contribution in [2.75, 3.05) is 10.6 Å². The van der Waals surface area contributed by atoms with E-state index in [1.165, 1.54) is 10.9 Å². The molecule has 0 aliphatic rings. The topological polar surface area (TPSA) is 111 Å². The van der Waals surface area contributed by atoms with Gasteiger partial charge in [0.1, 0.15) is 11.6 Å². The Hall–Kier alpha value is -3.13. The van der Waals surface area contributed by atoms with Gasteiger partial charge in [-0.1, -0.05) is 41.9 Å². The van der Waals surface area contributed by atoms with Crippen molar-refractivity contribution < 1.29 is 4.79 Å². The maximum atomic E-state index is 10.9. The number of nitrogens with one attached hydrogen (secondary N) is 2. The first-order valence-electron chi connectivity index (χ1n) is 7.48. The van der Waals surface area contributed by atoms with Crippen LogP contribution in [0.4, 0.5) is 17.5 Å². The largest absolute Gasteiger partial charge is 0.368 e. The average molecular weight is 358 g/mol. The van der Waals surface area contributed by atoms with Gasteiger partial charge in [-0.25, -0.2) is 4.98 Å². The van der Waals surface area contributed by atoms with Gasteiger partial charge in [0.25, 0.3) is 0 Å². The molecule has 8 nitrogen and oxygen atoms in total. The second-order valence-corrected chi connectivity index (χ2v) is 5.65. The highest BCUT2D eigenvalue weighted by Crippen LogP contribution is 2.21. The first-order chi connectivity index (χ1) is 12.1. The third-order valence-corrected chi connectivity index (χ3v) is 3.53. The third-order valence-electron chi connectivity index (χ3n) is 3.25. The number of halogens is 1. The number of amides is 1. The van der Waals surface area contributed by atoms with Gasteiger partial charge in [-0.3, -0.25) is 9.48 Å². The zero-order chi connectivity index (χ0) is 17.6. The Morgan fingerprint density at radius 3 is 2.80 bits per heavy atom. The SMILES string of the molecule is NC(=O)Cn1cc(Nc2ncc(Cl)c(NCc3ccccc3)n2)cn1. The Kier molecular flexibility index (Phi) is 5.10. The van der Waals surface area contributed by atoms with Gasteiger partial charge in [0.2, 0.25) is 11.9 Å². The van der Waals surface area contributed by atoms with Crippen molar-refractivity contribution in [3.8, 4) is 0 Å². The molecule has 2 aromatic heterocycles. The fraction of sp³-hybridized carbons (Fsp3) is 0.125. The number of benzene rings is 1. The van der Waals surface area contributed by atoms with Crippen molar-refractivity contribution in [2.45, 2.75) is 13.1 Å². The molecule has 3 aromatic rings. The number of nitrogens with two attached hydrogens (primary N) is 1. The number of hydrogen-bond acceptors (Lipinski definition) is 6. The highest BCUT2D eigenvalue weighted by Gasteiger charge is 2.07. The number of carbonyl (C=O) groups is 1. The Balaban J connectivity index is 1.68. The molecule has 0 radical (unpaired) electrons. The first-order valence-corrected chi connectivity index (χ1v) is 7.86. The van der Waals surface area contributed by atoms with Crippen molar-refractivity contribution >= 4 is 35.0 Å². The van der Waals surface area contributed by atoms with Gasteiger partial charge in [-0.2, -0.15) is 10.1 Å². The Bertz CT molecular complexity index is 866. The number of nitrogens with zero attached hydrogens (tertiary/aromatic N) is 4. The minimum absolute atomic E-state index is 0.00698. The van der Waals surface area contributed by atoms with Crippen LogP contribution in [0.15, 0.2) is 48.9 Å². The van der Waals surface area contributed by atoms with E-state index in [2.05, 4.69) is 25.7 Å². The summed E-state index contributed by atoms with van der Waals surface area (Å²) in [6.07, 6.45) is 4.70. The maximum Gasteiger partial charge on any atom is 0.239 e. The van der Waals surface area contributed by atoms with E-state index in [0.717, 1.165) is 5.56 Å². The molecule has 0 aliphatic carbocycles. The van der Waals surface area contributed by atoms with E-state index >= 15 is 0 Å². The molecule has 0 bridgehead atoms. The molecule has 0 atom stereocenters. The summed E-state index contributed by atoms with van der Waals surface area (Å²) in [5.74, 6) is 0.413. The van der Waals surface area contributed by atoms with Crippen molar-refractivity contribution in [1.82, 2.24) is 19.7 Å². The van der Waals surface area contributed by atoms with Crippen LogP contribution in [0, 0.1) is 0 Å². The van der Waals surface area contributed by atoms with Gasteiger partial charge in [-0.05, 0) is 5.56 Å². The molecule has 0 spiro atoms. The van der Waals surface area contributed by atoms with E-state index in [1.54, 1.807) is 12.4 Å². The predicted molar refractivity (Wildman–Crippen MR) is 95.5 cm³/mol. The molecule has 25 heavy (non-hydrogen) atoms. The number of aromatic nitrogens is 4. The van der Waals surface area contributed by atoms with Crippen molar-refractivity contribution in [3.63, 3.8) is 0 Å². The van der Waals surface area contributed by atoms with Crippen molar-refractivity contribution in [3.05, 3.63) is 59.5 Å². The highest BCUT2D eigenvalue weighted by molar-refractivity contribution is 6.32. The van der Waals surface area contributed by atoms with E-state index in [9.17, 15) is 4.79 Å². The van der Waals surface area contributed by atoms with E-state index in [1.807, 2.05) is 30.3 Å². The normalized spacial score (nSPS) is 10.4. The van der Waals surface area contributed by atoms with Gasteiger partial charge < -0.3 is 16.4 Å². The van der Waals surface area contributed by atoms with Crippen molar-refractivity contribution in [2.24, 2.45) is 5.73 Å². The molecule has 9 heteroatoms. The van der Waals surface area contributed by atoms with Crippen LogP contribution in [0.2, 0.25) is 5.02 Å². The second-order valence-electron chi connectivity index (χ2n) is 5.25. The summed E-state index contributed by atoms with van der Waals surface area (Å²) in [5, 5.41) is 10.6. The third kappa shape index (κ3) is 4.67. The molecule has 0 fully saturated rings. The number of hydrogen-bond donors (Lipinski definition) is 3. The number of primary amides is 1. The zero-order valence-corrected chi connectivity index (χ0v) is 13.9. The molecule has 2 heterocycles. The van der Waals surface area contributed by atoms with Gasteiger partial charge in [0.15, 0.2) is 5.82 Å². The quantitative estimate of drug-likeness (QED) is 0.597. The number of carbonyl (C=O) groups excluding carboxylic acids is 1. The van der Waals surface area contributed by atoms with Crippen LogP contribution in [-0.4, -0.2) is 25.7 Å². The smallest absolute Gasteiger partial charge is 0.239 e. The van der Waals surface area contributed by atoms with Crippen LogP contribution in [-0.2, 0) is 17.9 Å². The van der Waals surface area contributed by atoms with Crippen LogP contribution < -0.4 is 16.4 Å². The van der Waals surface area contributed by atoms with Crippen LogP contribution >= 0.6 is 11.6 Å². The molecular formula is C16H16ClN7O. The fourth-order valence-electron chi connectivity index (χ4n) is 2.14. The molecular weight excluding hydrogens is 342 g/mol. The lowest BCUT2D eigenvalue weighted by atomic mass is 10.2. The predicted octanol–water partition coefficient (Wildman–Crippen LogP) is 2.17. The molecule has 4 N–H and O–H groups in total. The van der Waals surface area contributed by atoms with Crippen LogP contribution in [0.3, 0.4) is 0 Å². The molecule has 0 saturated heterocycles. The Labute approximate surface area is 149 Å². The van der Waals surface area contributed by atoms with E-state index < -0.39 is 5.91 Å². The summed E-state index contributed by atoms with van der Waals surface area (Å²) >= 11 is 6.14. The lowest BCUT2D eigenvalue weighted by Gasteiger charge is -2.09. The standard InChI is InChI=1S/C16H16ClN7O/c17-13-8-20-16(22-12-7-21-24(9-12)10-14(18)25)23-15(13)19-6-11-4-2-1-3-5-11/h1-5,7-9H,6,10H2,(H2,18,25)(H2,19,20,22,23). The molecule has 0 saturated carbocycles. The first kappa shape index (κ1) is 16.7. The number of anilines is 3. The molecule has 0 unspecified atom stereocenters. The highest BCUT2D eigenvalue weighted by atomic mass is 35.5. The second kappa shape index (κ2) is 7.63. The van der Waals surface area contributed by atoms with Gasteiger partial charge in [0.05, 0.1) is 18.1 Å². The summed E-state index contributed by atoms with van der Waals surface area (Å²) in [4.78, 5) is 19.4. The maximum absolute atomic E-state index is 10.9. The molecule has 1 aromatic carbocycles. The molecule has 3 rings (SSSR count). The van der Waals surface area contributed by atoms with E-state index in [4.69, 9.17) is 17.3 Å². The minimum Gasteiger partial charge on any atom is -0.368 e. The van der Waals surface area contributed by atoms with Gasteiger partial charge in [0, 0.05) is 12.7 Å².